The van der Waals surface area contributed by atoms with Crippen molar-refractivity contribution in [3.8, 4) is 17.6 Å². The van der Waals surface area contributed by atoms with Crippen LogP contribution in [-0.2, 0) is 11.5 Å². The van der Waals surface area contributed by atoms with E-state index in [1.54, 1.807) is 11.3 Å². The summed E-state index contributed by atoms with van der Waals surface area (Å²) in [5.41, 5.74) is 1.09. The van der Waals surface area contributed by atoms with Crippen LogP contribution in [0.2, 0.25) is 0 Å². The topological polar surface area (TPSA) is 89.0 Å². The van der Waals surface area contributed by atoms with Crippen LogP contribution < -0.4 is 9.45 Å². The first-order chi connectivity index (χ1) is 15.7. The molecule has 9 heteroatoms. The van der Waals surface area contributed by atoms with Gasteiger partial charge in [-0.15, -0.1) is 22.4 Å². The normalized spacial score (nSPS) is 16.8. The Morgan fingerprint density at radius 2 is 1.97 bits per heavy atom. The maximum absolute atomic E-state index is 7.43. The van der Waals surface area contributed by atoms with Gasteiger partial charge in [0.15, 0.2) is 11.4 Å². The predicted octanol–water partition coefficient (Wildman–Crippen LogP) is 5.48. The number of hydrogen-bond donors (Lipinski definition) is 0. The maximum atomic E-state index is 7.43. The number of piperidine rings is 1. The smallest absolute Gasteiger partial charge is 0.249 e. The number of imidazole rings is 1. The lowest BCUT2D eigenvalue weighted by molar-refractivity contribution is -0.692. The van der Waals surface area contributed by atoms with Crippen LogP contribution in [0, 0.1) is 11.5 Å². The van der Waals surface area contributed by atoms with E-state index < -0.39 is 0 Å². The van der Waals surface area contributed by atoms with E-state index in [2.05, 4.69) is 85.0 Å². The lowest BCUT2D eigenvalue weighted by Gasteiger charge is -2.49. The summed E-state index contributed by atoms with van der Waals surface area (Å²) in [6.45, 7) is 12.0. The van der Waals surface area contributed by atoms with Crippen LogP contribution in [0.5, 0.6) is 5.75 Å². The van der Waals surface area contributed by atoms with Gasteiger partial charge in [-0.1, -0.05) is 4.99 Å². The number of aryl methyl sites for hydroxylation is 1. The Labute approximate surface area is 198 Å². The summed E-state index contributed by atoms with van der Waals surface area (Å²) in [4.78, 5) is 14.3. The molecule has 3 aromatic rings. The monoisotopic (exact) mass is 466 g/mol. The predicted molar refractivity (Wildman–Crippen MR) is 129 cm³/mol. The summed E-state index contributed by atoms with van der Waals surface area (Å²) < 4.78 is 5.51. The summed E-state index contributed by atoms with van der Waals surface area (Å²) in [6.07, 6.45) is 11.0. The summed E-state index contributed by atoms with van der Waals surface area (Å²) >= 11 is 1.72. The van der Waals surface area contributed by atoms with Crippen LogP contribution >= 0.6 is 11.3 Å². The van der Waals surface area contributed by atoms with Crippen molar-refractivity contribution in [2.75, 3.05) is 0 Å². The average Bonchev–Trinajstić information content (AvgIpc) is 3.40. The number of aliphatic imine (C=N–C) groups is 1. The minimum Gasteiger partial charge on any atom is -0.422 e. The van der Waals surface area contributed by atoms with Gasteiger partial charge in [-0.3, -0.25) is 0 Å². The number of rotatable bonds is 5. The molecular formula is C24H30N6O2S. The van der Waals surface area contributed by atoms with Crippen molar-refractivity contribution in [2.45, 2.75) is 71.5 Å². The number of hydrogen-bond acceptors (Lipinski definition) is 6. The quantitative estimate of drug-likeness (QED) is 0.164. The van der Waals surface area contributed by atoms with Crippen LogP contribution in [0.15, 0.2) is 47.3 Å². The molecule has 0 saturated carbocycles. The molecule has 33 heavy (non-hydrogen) atoms. The first-order valence-electron chi connectivity index (χ1n) is 10.9. The Morgan fingerprint density at radius 1 is 1.24 bits per heavy atom. The third kappa shape index (κ3) is 5.67. The largest absolute Gasteiger partial charge is 0.422 e. The van der Waals surface area contributed by atoms with Crippen LogP contribution in [0.1, 0.15) is 53.9 Å². The molecule has 0 N–H and O–H groups in total. The van der Waals surface area contributed by atoms with Crippen LogP contribution in [0.25, 0.3) is 21.2 Å². The molecule has 8 nitrogen and oxygen atoms in total. The standard InChI is InChI=1S/C22H30N3O2S.C2N3/c1-6-23-12-13-24(16-23)19-15-28-20-14-17(8-9-18(19)20)26-27-25-21(2,3)10-7-11-22(25,4)5;3-1-5-2-4/h8-9,12-16H,6-7,10-11H2,1-5H3;/q+1;-1. The minimum atomic E-state index is -0.0506. The fraction of sp³-hybridized carbons (Fsp3) is 0.458. The molecule has 0 radical (unpaired) electrons. The molecule has 1 aromatic carbocycles. The van der Waals surface area contributed by atoms with Gasteiger partial charge < -0.3 is 15.3 Å². The second-order valence-electron chi connectivity index (χ2n) is 9.17. The lowest BCUT2D eigenvalue weighted by Crippen LogP contribution is -2.58. The first-order valence-corrected chi connectivity index (χ1v) is 11.8. The lowest BCUT2D eigenvalue weighted by atomic mass is 9.82. The average molecular weight is 467 g/mol. The van der Waals surface area contributed by atoms with Crippen molar-refractivity contribution in [1.82, 2.24) is 9.63 Å². The molecule has 1 aliphatic rings. The Hall–Kier alpha value is -3.02. The van der Waals surface area contributed by atoms with E-state index >= 15 is 0 Å². The highest BCUT2D eigenvalue weighted by Gasteiger charge is 2.43. The van der Waals surface area contributed by atoms with E-state index in [1.165, 1.54) is 34.4 Å². The third-order valence-electron chi connectivity index (χ3n) is 5.85. The second-order valence-corrected chi connectivity index (χ2v) is 10.1. The number of benzene rings is 1. The van der Waals surface area contributed by atoms with Crippen molar-refractivity contribution in [3.63, 3.8) is 0 Å². The molecule has 3 heterocycles. The summed E-state index contributed by atoms with van der Waals surface area (Å²) in [6, 6.07) is 7.44. The van der Waals surface area contributed by atoms with Gasteiger partial charge in [0.2, 0.25) is 6.33 Å². The highest BCUT2D eigenvalue weighted by molar-refractivity contribution is 7.17. The van der Waals surface area contributed by atoms with Gasteiger partial charge >= 0.3 is 0 Å². The molecule has 4 rings (SSSR count). The van der Waals surface area contributed by atoms with Gasteiger partial charge in [-0.2, -0.15) is 5.26 Å². The van der Waals surface area contributed by atoms with Crippen molar-refractivity contribution >= 4 is 27.4 Å². The molecule has 2 aromatic heterocycles. The van der Waals surface area contributed by atoms with E-state index in [9.17, 15) is 0 Å². The van der Waals surface area contributed by atoms with Crippen molar-refractivity contribution in [3.05, 3.63) is 47.7 Å². The Balaban J connectivity index is 0.000000555. The number of nitriles is 1. The van der Waals surface area contributed by atoms with Crippen LogP contribution in [-0.4, -0.2) is 26.7 Å². The highest BCUT2D eigenvalue weighted by atomic mass is 32.1. The van der Waals surface area contributed by atoms with Crippen LogP contribution in [0.3, 0.4) is 0 Å². The number of fused-ring (bicyclic) bond motifs is 1. The maximum Gasteiger partial charge on any atom is 0.249 e. The van der Waals surface area contributed by atoms with Gasteiger partial charge in [-0.25, -0.2) is 9.13 Å². The zero-order chi connectivity index (χ0) is 24.1. The first kappa shape index (κ1) is 24.6. The minimum absolute atomic E-state index is 0.0506. The molecule has 0 spiro atoms. The summed E-state index contributed by atoms with van der Waals surface area (Å²) in [7, 11) is 0. The number of thiophene rings is 1. The molecule has 0 bridgehead atoms. The fourth-order valence-electron chi connectivity index (χ4n) is 4.25. The van der Waals surface area contributed by atoms with E-state index in [1.807, 2.05) is 11.1 Å². The Morgan fingerprint density at radius 3 is 2.55 bits per heavy atom. The van der Waals surface area contributed by atoms with E-state index in [-0.39, 0.29) is 11.1 Å². The highest BCUT2D eigenvalue weighted by Crippen LogP contribution is 2.39. The van der Waals surface area contributed by atoms with Crippen molar-refractivity contribution < 1.29 is 14.4 Å². The van der Waals surface area contributed by atoms with Crippen LogP contribution in [0.4, 0.5) is 0 Å². The van der Waals surface area contributed by atoms with Gasteiger partial charge in [0.25, 0.3) is 0 Å². The van der Waals surface area contributed by atoms with E-state index in [0.717, 1.165) is 25.1 Å². The number of aromatic nitrogens is 2. The molecular weight excluding hydrogens is 436 g/mol. The van der Waals surface area contributed by atoms with Gasteiger partial charge in [-0.05, 0) is 66.0 Å². The number of hydroxylamine groups is 2. The van der Waals surface area contributed by atoms with E-state index in [0.29, 0.717) is 0 Å². The zero-order valence-corrected chi connectivity index (χ0v) is 20.6. The molecule has 0 atom stereocenters. The second kappa shape index (κ2) is 10.3. The van der Waals surface area contributed by atoms with E-state index in [4.69, 9.17) is 20.5 Å². The van der Waals surface area contributed by atoms with Gasteiger partial charge in [0.05, 0.1) is 12.7 Å². The molecule has 0 aliphatic carbocycles. The fourth-order valence-corrected chi connectivity index (χ4v) is 5.22. The molecule has 174 valence electrons. The molecule has 1 fully saturated rings. The molecule has 0 unspecified atom stereocenters. The molecule has 0 amide bonds. The van der Waals surface area contributed by atoms with Gasteiger partial charge in [0.1, 0.15) is 12.4 Å². The summed E-state index contributed by atoms with van der Waals surface area (Å²) in [5.74, 6) is 0.731. The number of nitrogens with zero attached hydrogens (tertiary/aromatic N) is 6. The molecule has 1 saturated heterocycles. The van der Waals surface area contributed by atoms with Crippen molar-refractivity contribution in [1.29, 1.82) is 5.26 Å². The third-order valence-corrected chi connectivity index (χ3v) is 6.78. The summed E-state index contributed by atoms with van der Waals surface area (Å²) in [5, 5.41) is 20.3. The Kier molecular flexibility index (Phi) is 7.67. The Bertz CT molecular complexity index is 1170. The molecule has 1 aliphatic heterocycles. The SMILES string of the molecule is CC[n+]1ccn(-c2csc3cc(OON4C(C)(C)CCCC4(C)C)ccc23)c1.N#CN=C=[N-]. The zero-order valence-electron chi connectivity index (χ0n) is 19.8. The van der Waals surface area contributed by atoms with Crippen molar-refractivity contribution in [2.24, 2.45) is 4.99 Å². The van der Waals surface area contributed by atoms with Gasteiger partial charge in [0, 0.05) is 32.6 Å².